The van der Waals surface area contributed by atoms with E-state index in [2.05, 4.69) is 53.9 Å². The average Bonchev–Trinajstić information content (AvgIpc) is 3.85. The molecule has 0 aromatic heterocycles. The molecule has 0 radical (unpaired) electrons. The normalized spacial score (nSPS) is 48.2. The van der Waals surface area contributed by atoms with Gasteiger partial charge in [0.05, 0.1) is 67.1 Å². The number of hydrogen-bond donors (Lipinski definition) is 1. The molecule has 10 saturated heterocycles. The standard InChI is InChI=1S/C46H73NO11Si/c1-24-16-28-10-12-33-25(2)17-30(50-33)14-15-46-22-38-41(56-46)42-43(55-38)44(57-46)40-34(54-42)13-11-29(52-40)18-27(48)19-32-36(21-35(51-28)26(24)3)53-37(39(32)49-7)20-31(23-47)58-59(8,9)45(4,5)6/h24,28-44H,2-3,10-23,47H2,1,4-9H3/t24-,28+,29?,30+,31+,32+,33?,34+,35?,36+,37?,38+,39-,40+,41+,42+,43-,44+,46?/m1/s1. The zero-order valence-corrected chi connectivity index (χ0v) is 37.8. The number of methoxy groups -OCH3 is 1. The summed E-state index contributed by atoms with van der Waals surface area (Å²) in [5.74, 6) is -0.530. The SMILES string of the molecule is C=C1C[C@@H]2CCC34C[C@@H]5O[C@@H]6[C@@H](O[C@H]7CCC(CC(=O)C[C@H]8[C@H](CC9O[C@@H](CCC1O2)C[C@@H](C)C9=C)OC(C[C@@H](CN)O[Si](C)(C)C(C)(C)C)[C@@H]8OC)O[C@@H]7[C@@H]6O3)[C@H]5O4. The van der Waals surface area contributed by atoms with Gasteiger partial charge >= 0.3 is 0 Å². The number of carbonyl (C=O) groups excluding carboxylic acids is 1. The van der Waals surface area contributed by atoms with Crippen LogP contribution in [0.2, 0.25) is 18.1 Å². The van der Waals surface area contributed by atoms with E-state index in [0.717, 1.165) is 56.1 Å². The highest BCUT2D eigenvalue weighted by Gasteiger charge is 2.69. The molecule has 10 fully saturated rings. The Morgan fingerprint density at radius 2 is 1.51 bits per heavy atom. The van der Waals surface area contributed by atoms with Crippen LogP contribution in [0.25, 0.3) is 0 Å². The molecule has 59 heavy (non-hydrogen) atoms. The number of nitrogens with two attached hydrogens (primary N) is 1. The molecule has 10 rings (SSSR count). The van der Waals surface area contributed by atoms with Gasteiger partial charge in [0.2, 0.25) is 0 Å². The van der Waals surface area contributed by atoms with Crippen molar-refractivity contribution < 1.29 is 51.9 Å². The van der Waals surface area contributed by atoms with Crippen LogP contribution in [0.1, 0.15) is 111 Å². The minimum atomic E-state index is -2.12. The molecule has 10 heterocycles. The zero-order chi connectivity index (χ0) is 41.6. The Bertz CT molecular complexity index is 1590. The molecule has 0 aromatic carbocycles. The number of fused-ring (bicyclic) bond motifs is 6. The lowest BCUT2D eigenvalue weighted by Gasteiger charge is -2.47. The van der Waals surface area contributed by atoms with Crippen LogP contribution in [0, 0.1) is 11.8 Å². The van der Waals surface area contributed by atoms with E-state index in [1.807, 2.05) is 0 Å². The second-order valence-corrected chi connectivity index (χ2v) is 26.0. The van der Waals surface area contributed by atoms with Crippen molar-refractivity contribution >= 4 is 14.1 Å². The summed E-state index contributed by atoms with van der Waals surface area (Å²) in [4.78, 5) is 14.4. The second kappa shape index (κ2) is 16.5. The molecular formula is C46H73NO11Si. The third kappa shape index (κ3) is 8.29. The van der Waals surface area contributed by atoms with Gasteiger partial charge in [-0.2, -0.15) is 0 Å². The molecule has 10 aliphatic rings. The quantitative estimate of drug-likeness (QED) is 0.232. The molecule has 0 saturated carbocycles. The van der Waals surface area contributed by atoms with Crippen molar-refractivity contribution in [2.45, 2.75) is 233 Å². The fourth-order valence-electron chi connectivity index (χ4n) is 12.0. The highest BCUT2D eigenvalue weighted by atomic mass is 28.4. The van der Waals surface area contributed by atoms with E-state index in [-0.39, 0.29) is 114 Å². The maximum Gasteiger partial charge on any atom is 0.192 e. The maximum absolute atomic E-state index is 14.4. The monoisotopic (exact) mass is 843 g/mol. The Kier molecular flexibility index (Phi) is 12.1. The van der Waals surface area contributed by atoms with Crippen molar-refractivity contribution in [2.75, 3.05) is 13.7 Å². The Morgan fingerprint density at radius 3 is 2.27 bits per heavy atom. The van der Waals surface area contributed by atoms with Gasteiger partial charge in [0.1, 0.15) is 36.3 Å². The van der Waals surface area contributed by atoms with Crippen LogP contribution in [0.4, 0.5) is 0 Å². The highest BCUT2D eigenvalue weighted by molar-refractivity contribution is 6.74. The summed E-state index contributed by atoms with van der Waals surface area (Å²) in [6.45, 7) is 22.9. The summed E-state index contributed by atoms with van der Waals surface area (Å²) < 4.78 is 68.0. The van der Waals surface area contributed by atoms with E-state index in [1.54, 1.807) is 7.11 Å². The number of Topliss-reactive ketones (excluding diaryl/α,β-unsaturated/α-hetero) is 1. The van der Waals surface area contributed by atoms with E-state index in [1.165, 1.54) is 0 Å². The fourth-order valence-corrected chi connectivity index (χ4v) is 13.3. The largest absolute Gasteiger partial charge is 0.413 e. The van der Waals surface area contributed by atoms with Gasteiger partial charge < -0.3 is 52.8 Å². The molecule has 5 unspecified atom stereocenters. The number of hydrogen-bond acceptors (Lipinski definition) is 12. The minimum absolute atomic E-state index is 0.0111. The number of carbonyl (C=O) groups is 1. The first kappa shape index (κ1) is 43.2. The van der Waals surface area contributed by atoms with Gasteiger partial charge in [-0.3, -0.25) is 4.79 Å². The van der Waals surface area contributed by atoms with Crippen molar-refractivity contribution in [3.05, 3.63) is 24.3 Å². The molecule has 1 spiro atoms. The molecule has 332 valence electrons. The lowest BCUT2D eigenvalue weighted by molar-refractivity contribution is -0.292. The van der Waals surface area contributed by atoms with E-state index in [4.69, 9.17) is 52.8 Å². The van der Waals surface area contributed by atoms with Crippen molar-refractivity contribution in [1.82, 2.24) is 0 Å². The van der Waals surface area contributed by atoms with Gasteiger partial charge in [0.15, 0.2) is 14.1 Å². The van der Waals surface area contributed by atoms with Crippen LogP contribution < -0.4 is 5.73 Å². The molecular weight excluding hydrogens is 771 g/mol. The van der Waals surface area contributed by atoms with Gasteiger partial charge in [-0.15, -0.1) is 0 Å². The van der Waals surface area contributed by atoms with E-state index in [0.29, 0.717) is 51.0 Å². The smallest absolute Gasteiger partial charge is 0.192 e. The van der Waals surface area contributed by atoms with Gasteiger partial charge in [-0.25, -0.2) is 0 Å². The zero-order valence-electron chi connectivity index (χ0n) is 36.8. The highest BCUT2D eigenvalue weighted by Crippen LogP contribution is 2.54. The summed E-state index contributed by atoms with van der Waals surface area (Å²) in [6, 6.07) is 0. The molecule has 2 N–H and O–H groups in total. The van der Waals surface area contributed by atoms with Gasteiger partial charge in [0, 0.05) is 58.1 Å². The van der Waals surface area contributed by atoms with Crippen LogP contribution in [0.15, 0.2) is 24.3 Å². The Balaban J connectivity index is 0.984. The van der Waals surface area contributed by atoms with Crippen LogP contribution in [0.5, 0.6) is 0 Å². The first-order valence-electron chi connectivity index (χ1n) is 23.1. The summed E-state index contributed by atoms with van der Waals surface area (Å²) in [7, 11) is -0.378. The third-order valence-electron chi connectivity index (χ3n) is 16.2. The van der Waals surface area contributed by atoms with Crippen LogP contribution >= 0.6 is 0 Å². The number of ketones is 1. The summed E-state index contributed by atoms with van der Waals surface area (Å²) in [5.41, 5.74) is 8.65. The van der Waals surface area contributed by atoms with E-state index < -0.39 is 14.1 Å². The first-order valence-corrected chi connectivity index (χ1v) is 26.0. The maximum atomic E-state index is 14.4. The predicted octanol–water partition coefficient (Wildman–Crippen LogP) is 6.47. The van der Waals surface area contributed by atoms with E-state index >= 15 is 0 Å². The van der Waals surface area contributed by atoms with E-state index in [9.17, 15) is 4.79 Å². The molecule has 12 bridgehead atoms. The van der Waals surface area contributed by atoms with Gasteiger partial charge in [-0.1, -0.05) is 40.9 Å². The molecule has 0 aliphatic carbocycles. The summed E-state index contributed by atoms with van der Waals surface area (Å²) in [6.07, 6.45) is 6.12. The van der Waals surface area contributed by atoms with Crippen LogP contribution in [0.3, 0.4) is 0 Å². The Morgan fingerprint density at radius 1 is 0.797 bits per heavy atom. The van der Waals surface area contributed by atoms with Crippen LogP contribution in [-0.4, -0.2) is 131 Å². The summed E-state index contributed by atoms with van der Waals surface area (Å²) in [5, 5.41) is 0.0348. The van der Waals surface area contributed by atoms with Crippen molar-refractivity contribution in [1.29, 1.82) is 0 Å². The second-order valence-electron chi connectivity index (χ2n) is 21.3. The minimum Gasteiger partial charge on any atom is -0.413 e. The first-order chi connectivity index (χ1) is 28.0. The molecule has 13 heteroatoms. The molecule has 10 aliphatic heterocycles. The predicted molar refractivity (Wildman–Crippen MR) is 222 cm³/mol. The van der Waals surface area contributed by atoms with Crippen molar-refractivity contribution in [2.24, 2.45) is 17.6 Å². The summed E-state index contributed by atoms with van der Waals surface area (Å²) >= 11 is 0. The number of ether oxygens (including phenoxy) is 9. The van der Waals surface area contributed by atoms with Crippen LogP contribution in [-0.2, 0) is 51.9 Å². The lowest BCUT2D eigenvalue weighted by Crippen LogP contribution is -2.61. The van der Waals surface area contributed by atoms with Gasteiger partial charge in [-0.05, 0) is 80.1 Å². The Hall–Kier alpha value is -1.07. The Labute approximate surface area is 353 Å². The molecule has 12 nitrogen and oxygen atoms in total. The topological polar surface area (TPSA) is 135 Å². The third-order valence-corrected chi connectivity index (χ3v) is 20.8. The van der Waals surface area contributed by atoms with Crippen molar-refractivity contribution in [3.63, 3.8) is 0 Å². The average molecular weight is 844 g/mol. The number of rotatable bonds is 6. The van der Waals surface area contributed by atoms with Gasteiger partial charge in [0.25, 0.3) is 0 Å². The molecule has 19 atom stereocenters. The lowest BCUT2D eigenvalue weighted by atomic mass is 9.81. The molecule has 0 aromatic rings. The molecule has 0 amide bonds. The van der Waals surface area contributed by atoms with Crippen molar-refractivity contribution in [3.8, 4) is 0 Å². The fraction of sp³-hybridized carbons (Fsp3) is 0.891.